The minimum absolute atomic E-state index is 0.0899. The minimum atomic E-state index is -3.65. The molecule has 26 heavy (non-hydrogen) atoms. The fourth-order valence-electron chi connectivity index (χ4n) is 3.74. The van der Waals surface area contributed by atoms with Crippen LogP contribution in [0.25, 0.3) is 0 Å². The van der Waals surface area contributed by atoms with Crippen LogP contribution >= 0.6 is 11.6 Å². The molecule has 0 spiro atoms. The van der Waals surface area contributed by atoms with E-state index in [0.717, 1.165) is 52.0 Å². The van der Waals surface area contributed by atoms with Gasteiger partial charge in [0.1, 0.15) is 10.6 Å². The highest BCUT2D eigenvalue weighted by atomic mass is 35.5. The Balaban J connectivity index is 1.53. The Morgan fingerprint density at radius 1 is 1.23 bits per heavy atom. The first-order chi connectivity index (χ1) is 12.5. The van der Waals surface area contributed by atoms with Gasteiger partial charge in [0.25, 0.3) is 0 Å². The summed E-state index contributed by atoms with van der Waals surface area (Å²) in [6.45, 7) is 4.20. The molecule has 3 rings (SSSR count). The Labute approximate surface area is 160 Å². The van der Waals surface area contributed by atoms with Gasteiger partial charge in [0.15, 0.2) is 0 Å². The molecule has 0 bridgehead atoms. The van der Waals surface area contributed by atoms with Crippen molar-refractivity contribution in [2.24, 2.45) is 5.92 Å². The summed E-state index contributed by atoms with van der Waals surface area (Å²) in [6, 6.07) is 5.24. The van der Waals surface area contributed by atoms with Gasteiger partial charge in [-0.3, -0.25) is 0 Å². The molecule has 2 aliphatic heterocycles. The summed E-state index contributed by atoms with van der Waals surface area (Å²) in [5.74, 6) is 0.655. The second-order valence-corrected chi connectivity index (χ2v) is 9.14. The third kappa shape index (κ3) is 4.89. The maximum Gasteiger partial charge on any atom is 0.244 e. The van der Waals surface area contributed by atoms with Crippen LogP contribution in [0.5, 0.6) is 5.75 Å². The molecule has 0 radical (unpaired) electrons. The fraction of sp³-hybridized carbons (Fsp3) is 0.667. The summed E-state index contributed by atoms with van der Waals surface area (Å²) in [5.41, 5.74) is 0. The molecular weight excluding hydrogens is 376 g/mol. The Kier molecular flexibility index (Phi) is 6.80. The van der Waals surface area contributed by atoms with Crippen molar-refractivity contribution < 1.29 is 17.9 Å². The zero-order valence-electron chi connectivity index (χ0n) is 15.1. The first-order valence-corrected chi connectivity index (χ1v) is 11.0. The smallest absolute Gasteiger partial charge is 0.244 e. The average Bonchev–Trinajstić information content (AvgIpc) is 2.67. The van der Waals surface area contributed by atoms with E-state index in [0.29, 0.717) is 29.3 Å². The Hall–Kier alpha value is -0.860. The summed E-state index contributed by atoms with van der Waals surface area (Å²) in [7, 11) is -2.20. The van der Waals surface area contributed by atoms with Crippen LogP contribution in [-0.4, -0.2) is 59.3 Å². The normalized spacial score (nSPS) is 21.0. The highest BCUT2D eigenvalue weighted by molar-refractivity contribution is 7.89. The molecule has 0 aliphatic carbocycles. The second-order valence-electron chi connectivity index (χ2n) is 6.97. The van der Waals surface area contributed by atoms with Crippen LogP contribution in [0.2, 0.25) is 5.02 Å². The molecule has 0 atom stereocenters. The largest absolute Gasteiger partial charge is 0.495 e. The lowest BCUT2D eigenvalue weighted by atomic mass is 9.94. The number of hydrogen-bond acceptors (Lipinski definition) is 5. The van der Waals surface area contributed by atoms with Crippen molar-refractivity contribution in [1.29, 1.82) is 0 Å². The van der Waals surface area contributed by atoms with Gasteiger partial charge in [0, 0.05) is 30.8 Å². The van der Waals surface area contributed by atoms with Crippen molar-refractivity contribution in [2.75, 3.05) is 40.0 Å². The third-order valence-electron chi connectivity index (χ3n) is 5.33. The number of ether oxygens (including phenoxy) is 2. The zero-order valence-corrected chi connectivity index (χ0v) is 16.7. The first-order valence-electron chi connectivity index (χ1n) is 9.14. The molecule has 0 aromatic heterocycles. The van der Waals surface area contributed by atoms with E-state index in [2.05, 4.69) is 9.62 Å². The summed E-state index contributed by atoms with van der Waals surface area (Å²) >= 11 is 5.96. The lowest BCUT2D eigenvalue weighted by Crippen LogP contribution is -2.45. The van der Waals surface area contributed by atoms with Gasteiger partial charge in [-0.25, -0.2) is 13.1 Å². The lowest BCUT2D eigenvalue weighted by molar-refractivity contribution is 0.0214. The van der Waals surface area contributed by atoms with E-state index in [1.165, 1.54) is 13.2 Å². The van der Waals surface area contributed by atoms with Crippen molar-refractivity contribution in [3.8, 4) is 5.75 Å². The van der Waals surface area contributed by atoms with Crippen molar-refractivity contribution >= 4 is 21.6 Å². The SMILES string of the molecule is COc1ccc(Cl)cc1S(=O)(=O)NCC1CCN(C2CCOCC2)CC1. The first kappa shape index (κ1) is 19.9. The van der Waals surface area contributed by atoms with Crippen LogP contribution < -0.4 is 9.46 Å². The molecule has 1 N–H and O–H groups in total. The summed E-state index contributed by atoms with van der Waals surface area (Å²) in [5, 5.41) is 0.371. The van der Waals surface area contributed by atoms with Crippen molar-refractivity contribution in [1.82, 2.24) is 9.62 Å². The Morgan fingerprint density at radius 2 is 1.92 bits per heavy atom. The topological polar surface area (TPSA) is 67.9 Å². The number of methoxy groups -OCH3 is 1. The minimum Gasteiger partial charge on any atom is -0.495 e. The number of sulfonamides is 1. The van der Waals surface area contributed by atoms with Crippen LogP contribution in [0.4, 0.5) is 0 Å². The van der Waals surface area contributed by atoms with Gasteiger partial charge < -0.3 is 14.4 Å². The van der Waals surface area contributed by atoms with Crippen molar-refractivity contribution in [3.05, 3.63) is 23.2 Å². The average molecular weight is 403 g/mol. The van der Waals surface area contributed by atoms with E-state index in [-0.39, 0.29) is 4.90 Å². The standard InChI is InChI=1S/C18H27ClN2O4S/c1-24-17-3-2-15(19)12-18(17)26(22,23)20-13-14-4-8-21(9-5-14)16-6-10-25-11-7-16/h2-3,12,14,16,20H,4-11,13H2,1H3. The van der Waals surface area contributed by atoms with Gasteiger partial charge in [-0.2, -0.15) is 0 Å². The van der Waals surface area contributed by atoms with E-state index >= 15 is 0 Å². The van der Waals surface area contributed by atoms with Crippen LogP contribution in [0.3, 0.4) is 0 Å². The molecular formula is C18H27ClN2O4S. The molecule has 2 heterocycles. The Bertz CT molecular complexity index is 699. The number of hydrogen-bond donors (Lipinski definition) is 1. The molecule has 2 saturated heterocycles. The van der Waals surface area contributed by atoms with E-state index in [9.17, 15) is 8.42 Å². The highest BCUT2D eigenvalue weighted by Crippen LogP contribution is 2.28. The van der Waals surface area contributed by atoms with E-state index in [4.69, 9.17) is 21.1 Å². The van der Waals surface area contributed by atoms with Crippen molar-refractivity contribution in [3.63, 3.8) is 0 Å². The summed E-state index contributed by atoms with van der Waals surface area (Å²) in [6.07, 6.45) is 4.22. The maximum atomic E-state index is 12.6. The van der Waals surface area contributed by atoms with Crippen LogP contribution in [0.1, 0.15) is 25.7 Å². The van der Waals surface area contributed by atoms with Crippen LogP contribution in [0, 0.1) is 5.92 Å². The van der Waals surface area contributed by atoms with E-state index in [1.54, 1.807) is 12.1 Å². The third-order valence-corrected chi connectivity index (χ3v) is 7.01. The molecule has 6 nitrogen and oxygen atoms in total. The number of benzene rings is 1. The van der Waals surface area contributed by atoms with Gasteiger partial charge in [0.05, 0.1) is 7.11 Å². The number of rotatable bonds is 6. The van der Waals surface area contributed by atoms with Crippen LogP contribution in [0.15, 0.2) is 23.1 Å². The molecule has 0 amide bonds. The number of nitrogens with one attached hydrogen (secondary N) is 1. The molecule has 8 heteroatoms. The van der Waals surface area contributed by atoms with Gasteiger partial charge in [0.2, 0.25) is 10.0 Å². The number of nitrogens with zero attached hydrogens (tertiary/aromatic N) is 1. The molecule has 0 saturated carbocycles. The maximum absolute atomic E-state index is 12.6. The molecule has 1 aromatic carbocycles. The number of likely N-dealkylation sites (tertiary alicyclic amines) is 1. The monoisotopic (exact) mass is 402 g/mol. The van der Waals surface area contributed by atoms with E-state index < -0.39 is 10.0 Å². The lowest BCUT2D eigenvalue weighted by Gasteiger charge is -2.39. The van der Waals surface area contributed by atoms with Crippen LogP contribution in [-0.2, 0) is 14.8 Å². The predicted molar refractivity (Wildman–Crippen MR) is 101 cm³/mol. The number of halogens is 1. The number of piperidine rings is 1. The molecule has 0 unspecified atom stereocenters. The zero-order chi connectivity index (χ0) is 18.6. The van der Waals surface area contributed by atoms with Crippen molar-refractivity contribution in [2.45, 2.75) is 36.6 Å². The van der Waals surface area contributed by atoms with E-state index in [1.807, 2.05) is 0 Å². The molecule has 2 aliphatic rings. The predicted octanol–water partition coefficient (Wildman–Crippen LogP) is 2.52. The summed E-state index contributed by atoms with van der Waals surface area (Å²) < 4.78 is 38.6. The van der Waals surface area contributed by atoms with Gasteiger partial charge in [-0.1, -0.05) is 11.6 Å². The molecule has 146 valence electrons. The van der Waals surface area contributed by atoms with Gasteiger partial charge >= 0.3 is 0 Å². The van der Waals surface area contributed by atoms with Gasteiger partial charge in [-0.05, 0) is 62.9 Å². The fourth-order valence-corrected chi connectivity index (χ4v) is 5.28. The Morgan fingerprint density at radius 3 is 2.58 bits per heavy atom. The highest BCUT2D eigenvalue weighted by Gasteiger charge is 2.28. The molecule has 1 aromatic rings. The summed E-state index contributed by atoms with van der Waals surface area (Å²) in [4.78, 5) is 2.63. The second kappa shape index (κ2) is 8.89. The van der Waals surface area contributed by atoms with Gasteiger partial charge in [-0.15, -0.1) is 0 Å². The quantitative estimate of drug-likeness (QED) is 0.791. The molecule has 2 fully saturated rings.